The first-order valence-corrected chi connectivity index (χ1v) is 10.2. The van der Waals surface area contributed by atoms with E-state index in [4.69, 9.17) is 5.73 Å². The van der Waals surface area contributed by atoms with Crippen LogP contribution in [0.4, 0.5) is 8.78 Å². The van der Waals surface area contributed by atoms with Crippen LogP contribution in [0.1, 0.15) is 24.0 Å². The Balaban J connectivity index is 1.95. The highest BCUT2D eigenvalue weighted by atomic mass is 19.1. The Kier molecular flexibility index (Phi) is 7.15. The molecule has 0 bridgehead atoms. The molecule has 2 aromatic rings. The van der Waals surface area contributed by atoms with Gasteiger partial charge in [-0.15, -0.1) is 0 Å². The smallest absolute Gasteiger partial charge is 0.249 e. The van der Waals surface area contributed by atoms with Crippen molar-refractivity contribution in [2.75, 3.05) is 13.6 Å². The van der Waals surface area contributed by atoms with Crippen molar-refractivity contribution in [3.63, 3.8) is 0 Å². The largest absolute Gasteiger partial charge is 0.343 e. The van der Waals surface area contributed by atoms with E-state index in [1.165, 1.54) is 17.9 Å². The second-order valence-electron chi connectivity index (χ2n) is 7.91. The summed E-state index contributed by atoms with van der Waals surface area (Å²) in [6.07, 6.45) is 2.85. The van der Waals surface area contributed by atoms with E-state index < -0.39 is 47.9 Å². The standard InChI is InChI=1S/C24H25F2N3O3/c1-15(27)23(31)29(22(30)12-16-10-19(25)13-20(26)11-16)21-9-8-18(14-28(2)24(21)32)17-6-4-3-5-7-17/h3-11,13,15,18,21H,12,14,27H2,1-2H3/t15-,18+,21-/m0/s1. The lowest BCUT2D eigenvalue weighted by atomic mass is 9.98. The first-order chi connectivity index (χ1) is 15.2. The van der Waals surface area contributed by atoms with E-state index in [0.29, 0.717) is 12.6 Å². The van der Waals surface area contributed by atoms with Crippen LogP contribution in [-0.2, 0) is 20.8 Å². The van der Waals surface area contributed by atoms with Crippen LogP contribution in [0.25, 0.3) is 0 Å². The molecule has 0 unspecified atom stereocenters. The maximum absolute atomic E-state index is 13.6. The first kappa shape index (κ1) is 23.3. The molecular formula is C24H25F2N3O3. The van der Waals surface area contributed by atoms with Crippen LogP contribution in [0.2, 0.25) is 0 Å². The Morgan fingerprint density at radius 3 is 2.34 bits per heavy atom. The van der Waals surface area contributed by atoms with Crippen molar-refractivity contribution in [2.24, 2.45) is 5.73 Å². The SMILES string of the molecule is C[C@H](N)C(=O)N(C(=O)Cc1cc(F)cc(F)c1)[C@H]1C=C[C@@H](c2ccccc2)CN(C)C1=O. The van der Waals surface area contributed by atoms with Crippen molar-refractivity contribution in [3.8, 4) is 0 Å². The van der Waals surface area contributed by atoms with E-state index >= 15 is 0 Å². The minimum atomic E-state index is -1.21. The molecule has 168 valence electrons. The number of carbonyl (C=O) groups excluding carboxylic acids is 3. The summed E-state index contributed by atoms with van der Waals surface area (Å²) in [4.78, 5) is 41.3. The molecule has 2 aromatic carbocycles. The first-order valence-electron chi connectivity index (χ1n) is 10.2. The van der Waals surface area contributed by atoms with Gasteiger partial charge in [-0.1, -0.05) is 42.5 Å². The lowest BCUT2D eigenvalue weighted by molar-refractivity contribution is -0.153. The van der Waals surface area contributed by atoms with Crippen molar-refractivity contribution < 1.29 is 23.2 Å². The summed E-state index contributed by atoms with van der Waals surface area (Å²) < 4.78 is 27.1. The molecule has 0 radical (unpaired) electrons. The summed E-state index contributed by atoms with van der Waals surface area (Å²) in [6, 6.07) is 9.98. The lowest BCUT2D eigenvalue weighted by Crippen LogP contribution is -2.55. The zero-order valence-corrected chi connectivity index (χ0v) is 17.9. The summed E-state index contributed by atoms with van der Waals surface area (Å²) >= 11 is 0. The van der Waals surface area contributed by atoms with E-state index in [-0.39, 0.29) is 11.5 Å². The number of imide groups is 1. The molecule has 1 aliphatic heterocycles. The number of nitrogens with two attached hydrogens (primary N) is 1. The number of halogens is 2. The maximum atomic E-state index is 13.6. The highest BCUT2D eigenvalue weighted by Gasteiger charge is 2.37. The van der Waals surface area contributed by atoms with Gasteiger partial charge >= 0.3 is 0 Å². The molecule has 6 nitrogen and oxygen atoms in total. The number of rotatable bonds is 5. The third kappa shape index (κ3) is 5.26. The Labute approximate surface area is 185 Å². The summed E-state index contributed by atoms with van der Waals surface area (Å²) in [5.41, 5.74) is 6.78. The fourth-order valence-electron chi connectivity index (χ4n) is 3.71. The third-order valence-corrected chi connectivity index (χ3v) is 5.30. The van der Waals surface area contributed by atoms with Gasteiger partial charge in [-0.25, -0.2) is 8.78 Å². The quantitative estimate of drug-likeness (QED) is 0.723. The van der Waals surface area contributed by atoms with Crippen LogP contribution < -0.4 is 5.73 Å². The average Bonchev–Trinajstić information content (AvgIpc) is 2.87. The van der Waals surface area contributed by atoms with E-state index in [9.17, 15) is 23.2 Å². The summed E-state index contributed by atoms with van der Waals surface area (Å²) in [7, 11) is 1.60. The number of hydrogen-bond acceptors (Lipinski definition) is 4. The van der Waals surface area contributed by atoms with Gasteiger partial charge in [0.25, 0.3) is 0 Å². The number of amides is 3. The van der Waals surface area contributed by atoms with Crippen LogP contribution in [0.15, 0.2) is 60.7 Å². The number of likely N-dealkylation sites (N-methyl/N-ethyl adjacent to an activating group) is 1. The number of nitrogens with zero attached hydrogens (tertiary/aromatic N) is 2. The highest BCUT2D eigenvalue weighted by molar-refractivity contribution is 6.03. The fourth-order valence-corrected chi connectivity index (χ4v) is 3.71. The Hall–Kier alpha value is -3.39. The number of carbonyl (C=O) groups is 3. The minimum Gasteiger partial charge on any atom is -0.343 e. The van der Waals surface area contributed by atoms with Crippen LogP contribution in [0.5, 0.6) is 0 Å². The molecule has 0 fully saturated rings. The van der Waals surface area contributed by atoms with Crippen LogP contribution in [-0.4, -0.2) is 53.2 Å². The third-order valence-electron chi connectivity index (χ3n) is 5.30. The van der Waals surface area contributed by atoms with Crippen LogP contribution >= 0.6 is 0 Å². The molecule has 0 saturated heterocycles. The molecule has 1 heterocycles. The lowest BCUT2D eigenvalue weighted by Gasteiger charge is -2.30. The molecule has 3 amide bonds. The monoisotopic (exact) mass is 441 g/mol. The Morgan fingerprint density at radius 2 is 1.75 bits per heavy atom. The molecule has 0 aliphatic carbocycles. The predicted molar refractivity (Wildman–Crippen MR) is 115 cm³/mol. The van der Waals surface area contributed by atoms with E-state index in [2.05, 4.69) is 0 Å². The predicted octanol–water partition coefficient (Wildman–Crippen LogP) is 2.39. The van der Waals surface area contributed by atoms with Gasteiger partial charge in [0, 0.05) is 25.6 Å². The summed E-state index contributed by atoms with van der Waals surface area (Å²) in [5, 5.41) is 0. The van der Waals surface area contributed by atoms with Gasteiger partial charge in [-0.3, -0.25) is 19.3 Å². The number of hydrogen-bond donors (Lipinski definition) is 1. The molecule has 32 heavy (non-hydrogen) atoms. The van der Waals surface area contributed by atoms with E-state index in [1.807, 2.05) is 30.3 Å². The minimum absolute atomic E-state index is 0.0514. The maximum Gasteiger partial charge on any atom is 0.249 e. The Bertz CT molecular complexity index is 1020. The summed E-state index contributed by atoms with van der Waals surface area (Å²) in [5.74, 6) is -3.78. The molecule has 2 N–H and O–H groups in total. The van der Waals surface area contributed by atoms with Crippen molar-refractivity contribution in [2.45, 2.75) is 31.3 Å². The van der Waals surface area contributed by atoms with Crippen LogP contribution in [0, 0.1) is 11.6 Å². The van der Waals surface area contributed by atoms with Crippen molar-refractivity contribution in [1.82, 2.24) is 9.80 Å². The van der Waals surface area contributed by atoms with E-state index in [0.717, 1.165) is 22.6 Å². The average molecular weight is 441 g/mol. The molecule has 0 saturated carbocycles. The second-order valence-corrected chi connectivity index (χ2v) is 7.91. The van der Waals surface area contributed by atoms with Crippen molar-refractivity contribution >= 4 is 17.7 Å². The van der Waals surface area contributed by atoms with Gasteiger partial charge in [-0.2, -0.15) is 0 Å². The Morgan fingerprint density at radius 1 is 1.12 bits per heavy atom. The van der Waals surface area contributed by atoms with Gasteiger partial charge < -0.3 is 10.6 Å². The van der Waals surface area contributed by atoms with Gasteiger partial charge in [-0.05, 0) is 30.2 Å². The van der Waals surface area contributed by atoms with Gasteiger partial charge in [0.1, 0.15) is 17.7 Å². The van der Waals surface area contributed by atoms with Gasteiger partial charge in [0.15, 0.2) is 0 Å². The normalized spacial score (nSPS) is 19.4. The summed E-state index contributed by atoms with van der Waals surface area (Å²) in [6.45, 7) is 1.77. The van der Waals surface area contributed by atoms with Gasteiger partial charge in [0.05, 0.1) is 12.5 Å². The molecular weight excluding hydrogens is 416 g/mol. The van der Waals surface area contributed by atoms with E-state index in [1.54, 1.807) is 13.1 Å². The topological polar surface area (TPSA) is 83.7 Å². The molecule has 8 heteroatoms. The molecule has 1 aliphatic rings. The van der Waals surface area contributed by atoms with Crippen LogP contribution in [0.3, 0.4) is 0 Å². The number of benzene rings is 2. The van der Waals surface area contributed by atoms with Gasteiger partial charge in [0.2, 0.25) is 17.7 Å². The molecule has 3 atom stereocenters. The second kappa shape index (κ2) is 9.82. The van der Waals surface area contributed by atoms with Crippen molar-refractivity contribution in [1.29, 1.82) is 0 Å². The highest BCUT2D eigenvalue weighted by Crippen LogP contribution is 2.24. The zero-order valence-electron chi connectivity index (χ0n) is 17.9. The molecule has 3 rings (SSSR count). The van der Waals surface area contributed by atoms with Crippen molar-refractivity contribution in [3.05, 3.63) is 83.4 Å². The fraction of sp³-hybridized carbons (Fsp3) is 0.292. The zero-order chi connectivity index (χ0) is 23.4. The molecule has 0 aromatic heterocycles. The molecule has 0 spiro atoms.